The zero-order chi connectivity index (χ0) is 11.1. The van der Waals surface area contributed by atoms with E-state index in [9.17, 15) is 0 Å². The lowest BCUT2D eigenvalue weighted by Gasteiger charge is -2.08. The van der Waals surface area contributed by atoms with Crippen LogP contribution in [0.2, 0.25) is 10.6 Å². The second-order valence-electron chi connectivity index (χ2n) is 3.26. The number of nitrogens with zero attached hydrogens (tertiary/aromatic N) is 3. The molecule has 4 nitrogen and oxygen atoms in total. The van der Waals surface area contributed by atoms with Crippen molar-refractivity contribution in [2.75, 3.05) is 11.9 Å². The first-order chi connectivity index (χ1) is 6.99. The smallest absolute Gasteiger partial charge is 0.228 e. The van der Waals surface area contributed by atoms with E-state index >= 15 is 0 Å². The highest BCUT2D eigenvalue weighted by Crippen LogP contribution is 2.47. The first kappa shape index (κ1) is 11.5. The average molecular weight is 288 g/mol. The topological polar surface area (TPSA) is 50.7 Å². The lowest BCUT2D eigenvalue weighted by Crippen LogP contribution is -2.19. The molecule has 0 spiro atoms. The van der Waals surface area contributed by atoms with Crippen LogP contribution < -0.4 is 5.32 Å². The second-order valence-corrected chi connectivity index (χ2v) is 5.21. The Morgan fingerprint density at radius 3 is 2.27 bits per heavy atom. The molecule has 2 rings (SSSR count). The van der Waals surface area contributed by atoms with Crippen molar-refractivity contribution in [3.8, 4) is 0 Å². The highest BCUT2D eigenvalue weighted by molar-refractivity contribution is 6.37. The van der Waals surface area contributed by atoms with Gasteiger partial charge in [-0.1, -0.05) is 0 Å². The molecule has 2 unspecified atom stereocenters. The number of hydrogen-bond acceptors (Lipinski definition) is 4. The van der Waals surface area contributed by atoms with Crippen molar-refractivity contribution < 1.29 is 0 Å². The first-order valence-corrected chi connectivity index (χ1v) is 5.70. The minimum atomic E-state index is -0.410. The van der Waals surface area contributed by atoms with Crippen molar-refractivity contribution in [1.82, 2.24) is 15.0 Å². The molecule has 15 heavy (non-hydrogen) atoms. The van der Waals surface area contributed by atoms with Crippen molar-refractivity contribution in [2.45, 2.75) is 16.7 Å². The molecule has 8 heteroatoms. The number of alkyl halides is 2. The van der Waals surface area contributed by atoms with Crippen molar-refractivity contribution in [1.29, 1.82) is 0 Å². The summed E-state index contributed by atoms with van der Waals surface area (Å²) in [5, 5.41) is 2.98. The standard InChI is InChI=1S/C7H6Cl4N4/c8-3-1-7(3,11)2-12-6-14-4(9)13-5(10)15-6/h3H,1-2H2,(H,12,13,14,15). The van der Waals surface area contributed by atoms with Gasteiger partial charge in [0, 0.05) is 6.54 Å². The summed E-state index contributed by atoms with van der Waals surface area (Å²) in [6, 6.07) is 0. The Kier molecular flexibility index (Phi) is 3.12. The van der Waals surface area contributed by atoms with Gasteiger partial charge in [0.1, 0.15) is 0 Å². The summed E-state index contributed by atoms with van der Waals surface area (Å²) in [7, 11) is 0. The summed E-state index contributed by atoms with van der Waals surface area (Å²) in [6.45, 7) is 0.472. The summed E-state index contributed by atoms with van der Waals surface area (Å²) in [5.41, 5.74) is 0. The van der Waals surface area contributed by atoms with Crippen molar-refractivity contribution in [3.63, 3.8) is 0 Å². The van der Waals surface area contributed by atoms with Crippen LogP contribution in [0.4, 0.5) is 5.95 Å². The van der Waals surface area contributed by atoms with E-state index in [0.29, 0.717) is 12.5 Å². The van der Waals surface area contributed by atoms with Gasteiger partial charge in [-0.3, -0.25) is 0 Å². The molecule has 1 aromatic heterocycles. The minimum Gasteiger partial charge on any atom is -0.352 e. The molecule has 0 bridgehead atoms. The van der Waals surface area contributed by atoms with Gasteiger partial charge in [0.05, 0.1) is 10.3 Å². The molecule has 0 aliphatic heterocycles. The molecule has 1 fully saturated rings. The van der Waals surface area contributed by atoms with Crippen LogP contribution in [0.5, 0.6) is 0 Å². The van der Waals surface area contributed by atoms with E-state index in [-0.39, 0.29) is 15.9 Å². The van der Waals surface area contributed by atoms with Crippen LogP contribution in [0.25, 0.3) is 0 Å². The highest BCUT2D eigenvalue weighted by atomic mass is 35.5. The summed E-state index contributed by atoms with van der Waals surface area (Å²) in [6.07, 6.45) is 0.760. The Morgan fingerprint density at radius 2 is 1.80 bits per heavy atom. The van der Waals surface area contributed by atoms with Crippen LogP contribution in [-0.2, 0) is 0 Å². The minimum absolute atomic E-state index is 0.0144. The van der Waals surface area contributed by atoms with Gasteiger partial charge in [0.25, 0.3) is 0 Å². The highest BCUT2D eigenvalue weighted by Gasteiger charge is 2.51. The molecule has 1 aromatic rings. The molecule has 1 aliphatic rings. The number of aromatic nitrogens is 3. The molecule has 1 saturated carbocycles. The van der Waals surface area contributed by atoms with Gasteiger partial charge in [-0.05, 0) is 29.6 Å². The van der Waals surface area contributed by atoms with Crippen LogP contribution in [-0.4, -0.2) is 31.7 Å². The fourth-order valence-corrected chi connectivity index (χ4v) is 2.07. The van der Waals surface area contributed by atoms with Gasteiger partial charge in [-0.2, -0.15) is 15.0 Å². The molecule has 2 atom stereocenters. The summed E-state index contributed by atoms with van der Waals surface area (Å²) in [4.78, 5) is 10.9. The average Bonchev–Trinajstić information content (AvgIpc) is 2.71. The summed E-state index contributed by atoms with van der Waals surface area (Å²) >= 11 is 23.1. The van der Waals surface area contributed by atoms with Crippen molar-refractivity contribution >= 4 is 52.4 Å². The quantitative estimate of drug-likeness (QED) is 0.868. The summed E-state index contributed by atoms with van der Waals surface area (Å²) in [5.74, 6) is 0.302. The number of nitrogens with one attached hydrogen (secondary N) is 1. The molecule has 1 aliphatic carbocycles. The monoisotopic (exact) mass is 286 g/mol. The van der Waals surface area contributed by atoms with E-state index in [1.165, 1.54) is 0 Å². The third-order valence-electron chi connectivity index (χ3n) is 2.04. The van der Waals surface area contributed by atoms with Crippen LogP contribution in [0, 0.1) is 0 Å². The maximum absolute atomic E-state index is 6.09. The van der Waals surface area contributed by atoms with Gasteiger partial charge in [0.2, 0.25) is 16.5 Å². The van der Waals surface area contributed by atoms with Gasteiger partial charge in [0.15, 0.2) is 0 Å². The molecule has 0 aromatic carbocycles. The lowest BCUT2D eigenvalue weighted by molar-refractivity contribution is 0.904. The number of rotatable bonds is 3. The Hall–Kier alpha value is -0.0300. The Bertz CT molecular complexity index is 367. The van der Waals surface area contributed by atoms with Crippen LogP contribution in [0.15, 0.2) is 0 Å². The Balaban J connectivity index is 1.99. The van der Waals surface area contributed by atoms with Gasteiger partial charge >= 0.3 is 0 Å². The largest absolute Gasteiger partial charge is 0.352 e. The van der Waals surface area contributed by atoms with Crippen molar-refractivity contribution in [2.24, 2.45) is 0 Å². The molecule has 82 valence electrons. The van der Waals surface area contributed by atoms with Gasteiger partial charge in [-0.25, -0.2) is 0 Å². The fraction of sp³-hybridized carbons (Fsp3) is 0.571. The molecule has 0 radical (unpaired) electrons. The second kappa shape index (κ2) is 4.09. The molecular weight excluding hydrogens is 282 g/mol. The third kappa shape index (κ3) is 2.75. The Morgan fingerprint density at radius 1 is 1.27 bits per heavy atom. The van der Waals surface area contributed by atoms with Crippen molar-refractivity contribution in [3.05, 3.63) is 10.6 Å². The van der Waals surface area contributed by atoms with Crippen LogP contribution in [0.3, 0.4) is 0 Å². The molecular formula is C7H6Cl4N4. The lowest BCUT2D eigenvalue weighted by atomic mass is 10.4. The number of halogens is 4. The van der Waals surface area contributed by atoms with E-state index in [4.69, 9.17) is 46.4 Å². The maximum Gasteiger partial charge on any atom is 0.228 e. The molecule has 0 amide bonds. The van der Waals surface area contributed by atoms with Gasteiger partial charge in [-0.15, -0.1) is 23.2 Å². The fourth-order valence-electron chi connectivity index (χ4n) is 1.05. The summed E-state index contributed by atoms with van der Waals surface area (Å²) < 4.78 is 0. The van der Waals surface area contributed by atoms with Gasteiger partial charge < -0.3 is 5.32 Å². The molecule has 1 heterocycles. The first-order valence-electron chi connectivity index (χ1n) is 4.13. The van der Waals surface area contributed by atoms with Crippen LogP contribution in [0.1, 0.15) is 6.42 Å². The number of hydrogen-bond donors (Lipinski definition) is 1. The predicted molar refractivity (Wildman–Crippen MR) is 61.2 cm³/mol. The predicted octanol–water partition coefficient (Wildman–Crippen LogP) is 2.58. The van der Waals surface area contributed by atoms with E-state index in [1.807, 2.05) is 0 Å². The zero-order valence-electron chi connectivity index (χ0n) is 7.35. The van der Waals surface area contributed by atoms with E-state index in [0.717, 1.165) is 6.42 Å². The zero-order valence-corrected chi connectivity index (χ0v) is 10.4. The van der Waals surface area contributed by atoms with E-state index in [2.05, 4.69) is 20.3 Å². The maximum atomic E-state index is 6.09. The number of anilines is 1. The van der Waals surface area contributed by atoms with Crippen LogP contribution >= 0.6 is 46.4 Å². The van der Waals surface area contributed by atoms with E-state index < -0.39 is 4.87 Å². The van der Waals surface area contributed by atoms with E-state index in [1.54, 1.807) is 0 Å². The SMILES string of the molecule is Clc1nc(Cl)nc(NCC2(Cl)CC2Cl)n1. The molecule has 1 N–H and O–H groups in total. The third-order valence-corrected chi connectivity index (χ3v) is 3.61. The Labute approximate surface area is 106 Å². The normalized spacial score (nSPS) is 28.9. The molecule has 0 saturated heterocycles.